The van der Waals surface area contributed by atoms with E-state index in [0.29, 0.717) is 6.42 Å². The van der Waals surface area contributed by atoms with Crippen LogP contribution in [0.3, 0.4) is 0 Å². The van der Waals surface area contributed by atoms with Crippen LogP contribution in [0.5, 0.6) is 5.75 Å². The van der Waals surface area contributed by atoms with Gasteiger partial charge in [0.15, 0.2) is 0 Å². The molecule has 3 rings (SSSR count). The molecule has 0 fully saturated rings. The fourth-order valence-corrected chi connectivity index (χ4v) is 3.65. The second-order valence-corrected chi connectivity index (χ2v) is 7.75. The van der Waals surface area contributed by atoms with Crippen LogP contribution in [-0.4, -0.2) is 48.1 Å². The van der Waals surface area contributed by atoms with E-state index < -0.39 is 6.04 Å². The first-order chi connectivity index (χ1) is 16.1. The highest BCUT2D eigenvalue weighted by atomic mass is 16.5. The zero-order valence-corrected chi connectivity index (χ0v) is 18.8. The van der Waals surface area contributed by atoms with Crippen molar-refractivity contribution in [3.63, 3.8) is 0 Å². The summed E-state index contributed by atoms with van der Waals surface area (Å²) in [5, 5.41) is 12.0. The number of nitrogens with one attached hydrogen (secondary N) is 1. The van der Waals surface area contributed by atoms with Gasteiger partial charge in [0.05, 0.1) is 20.1 Å². The van der Waals surface area contributed by atoms with Crippen molar-refractivity contribution in [2.24, 2.45) is 0 Å². The Bertz CT molecular complexity index is 1010. The number of aliphatic hydroxyl groups is 1. The van der Waals surface area contributed by atoms with Crippen LogP contribution in [-0.2, 0) is 29.0 Å². The number of aliphatic hydroxyl groups excluding tert-OH is 1. The summed E-state index contributed by atoms with van der Waals surface area (Å²) < 4.78 is 5.24. The molecule has 0 aliphatic heterocycles. The number of hydrogen-bond donors (Lipinski definition) is 2. The summed E-state index contributed by atoms with van der Waals surface area (Å²) in [6, 6.07) is 25.9. The van der Waals surface area contributed by atoms with Crippen LogP contribution in [0.15, 0.2) is 84.9 Å². The van der Waals surface area contributed by atoms with Crippen LogP contribution >= 0.6 is 0 Å². The van der Waals surface area contributed by atoms with Crippen molar-refractivity contribution in [1.29, 1.82) is 0 Å². The van der Waals surface area contributed by atoms with Gasteiger partial charge in [-0.25, -0.2) is 0 Å². The molecule has 172 valence electrons. The van der Waals surface area contributed by atoms with Crippen molar-refractivity contribution in [2.45, 2.75) is 25.4 Å². The van der Waals surface area contributed by atoms with Gasteiger partial charge in [0.1, 0.15) is 11.8 Å². The van der Waals surface area contributed by atoms with E-state index in [-0.39, 0.29) is 37.9 Å². The van der Waals surface area contributed by atoms with E-state index in [1.54, 1.807) is 12.0 Å². The predicted molar refractivity (Wildman–Crippen MR) is 128 cm³/mol. The molecule has 0 aliphatic rings. The molecule has 2 amide bonds. The number of rotatable bonds is 11. The molecule has 0 aromatic heterocycles. The van der Waals surface area contributed by atoms with Crippen molar-refractivity contribution in [1.82, 2.24) is 10.2 Å². The lowest BCUT2D eigenvalue weighted by Gasteiger charge is -2.31. The van der Waals surface area contributed by atoms with Crippen molar-refractivity contribution in [3.05, 3.63) is 102 Å². The van der Waals surface area contributed by atoms with Crippen LogP contribution in [0, 0.1) is 0 Å². The number of amides is 2. The third-order valence-corrected chi connectivity index (χ3v) is 5.39. The Morgan fingerprint density at radius 1 is 0.879 bits per heavy atom. The molecule has 0 aliphatic carbocycles. The monoisotopic (exact) mass is 446 g/mol. The number of ether oxygens (including phenoxy) is 1. The molecule has 6 nitrogen and oxygen atoms in total. The Hall–Kier alpha value is -3.64. The minimum atomic E-state index is -0.725. The Balaban J connectivity index is 1.93. The molecule has 6 heteroatoms. The van der Waals surface area contributed by atoms with E-state index in [9.17, 15) is 14.7 Å². The molecule has 0 saturated carbocycles. The van der Waals surface area contributed by atoms with Crippen molar-refractivity contribution >= 4 is 11.8 Å². The minimum Gasteiger partial charge on any atom is -0.497 e. The maximum atomic E-state index is 13.5. The molecule has 0 spiro atoms. The topological polar surface area (TPSA) is 78.9 Å². The molecule has 0 radical (unpaired) electrons. The number of methoxy groups -OCH3 is 1. The third kappa shape index (κ3) is 7.19. The van der Waals surface area contributed by atoms with Gasteiger partial charge in [0, 0.05) is 19.5 Å². The number of carbonyl (C=O) groups is 2. The molecule has 33 heavy (non-hydrogen) atoms. The highest BCUT2D eigenvalue weighted by Gasteiger charge is 2.30. The lowest BCUT2D eigenvalue weighted by Crippen LogP contribution is -2.51. The fourth-order valence-electron chi connectivity index (χ4n) is 3.65. The normalized spacial score (nSPS) is 11.5. The Morgan fingerprint density at radius 3 is 2.06 bits per heavy atom. The smallest absolute Gasteiger partial charge is 0.243 e. The van der Waals surface area contributed by atoms with Gasteiger partial charge in [-0.05, 0) is 28.8 Å². The first-order valence-electron chi connectivity index (χ1n) is 11.0. The molecule has 3 aromatic carbocycles. The minimum absolute atomic E-state index is 0.132. The van der Waals surface area contributed by atoms with Gasteiger partial charge in [0.2, 0.25) is 11.8 Å². The Kier molecular flexibility index (Phi) is 9.03. The van der Waals surface area contributed by atoms with Crippen LogP contribution in [0.2, 0.25) is 0 Å². The molecule has 3 aromatic rings. The van der Waals surface area contributed by atoms with Crippen LogP contribution in [0.4, 0.5) is 0 Å². The molecule has 0 bridgehead atoms. The summed E-state index contributed by atoms with van der Waals surface area (Å²) in [5.74, 6) is 0.294. The second kappa shape index (κ2) is 12.4. The van der Waals surface area contributed by atoms with Crippen molar-refractivity contribution in [2.75, 3.05) is 20.3 Å². The van der Waals surface area contributed by atoms with Crippen LogP contribution < -0.4 is 10.1 Å². The third-order valence-electron chi connectivity index (χ3n) is 5.39. The van der Waals surface area contributed by atoms with Crippen LogP contribution in [0.25, 0.3) is 0 Å². The quantitative estimate of drug-likeness (QED) is 0.475. The summed E-state index contributed by atoms with van der Waals surface area (Å²) in [6.45, 7) is 0.243. The Morgan fingerprint density at radius 2 is 1.48 bits per heavy atom. The molecule has 0 heterocycles. The molecular formula is C27H30N2O4. The van der Waals surface area contributed by atoms with E-state index in [2.05, 4.69) is 5.32 Å². The van der Waals surface area contributed by atoms with Gasteiger partial charge in [-0.3, -0.25) is 9.59 Å². The molecular weight excluding hydrogens is 416 g/mol. The zero-order valence-electron chi connectivity index (χ0n) is 18.8. The van der Waals surface area contributed by atoms with Gasteiger partial charge in [-0.2, -0.15) is 0 Å². The van der Waals surface area contributed by atoms with Crippen molar-refractivity contribution < 1.29 is 19.4 Å². The number of carbonyl (C=O) groups excluding carboxylic acids is 2. The summed E-state index contributed by atoms with van der Waals surface area (Å²) in [7, 11) is 1.60. The number of benzene rings is 3. The Labute approximate surface area is 194 Å². The lowest BCUT2D eigenvalue weighted by atomic mass is 10.0. The number of hydrogen-bond acceptors (Lipinski definition) is 4. The first kappa shape index (κ1) is 24.0. The molecule has 2 N–H and O–H groups in total. The van der Waals surface area contributed by atoms with E-state index in [1.807, 2.05) is 84.9 Å². The van der Waals surface area contributed by atoms with E-state index in [0.717, 1.165) is 22.4 Å². The fraction of sp³-hybridized carbons (Fsp3) is 0.259. The SMILES string of the molecule is COc1ccc(CN(C(=O)Cc2ccccc2)[C@H](Cc2ccccc2)C(=O)NCCO)cc1. The van der Waals surface area contributed by atoms with E-state index >= 15 is 0 Å². The largest absolute Gasteiger partial charge is 0.497 e. The standard InChI is InChI=1S/C27H30N2O4/c1-33-24-14-12-23(13-15-24)20-29(26(31)19-22-10-6-3-7-11-22)25(27(32)28-16-17-30)18-21-8-4-2-5-9-21/h2-15,25,30H,16-20H2,1H3,(H,28,32)/t25-/m1/s1. The highest BCUT2D eigenvalue weighted by molar-refractivity contribution is 5.88. The summed E-state index contributed by atoms with van der Waals surface area (Å²) in [6.07, 6.45) is 0.560. The summed E-state index contributed by atoms with van der Waals surface area (Å²) in [4.78, 5) is 28.3. The average molecular weight is 447 g/mol. The molecule has 1 atom stereocenters. The van der Waals surface area contributed by atoms with E-state index in [1.165, 1.54) is 0 Å². The summed E-state index contributed by atoms with van der Waals surface area (Å²) in [5.41, 5.74) is 2.73. The summed E-state index contributed by atoms with van der Waals surface area (Å²) >= 11 is 0. The van der Waals surface area contributed by atoms with Crippen LogP contribution in [0.1, 0.15) is 16.7 Å². The van der Waals surface area contributed by atoms with Crippen molar-refractivity contribution in [3.8, 4) is 5.75 Å². The number of nitrogens with zero attached hydrogens (tertiary/aromatic N) is 1. The van der Waals surface area contributed by atoms with Gasteiger partial charge < -0.3 is 20.1 Å². The maximum Gasteiger partial charge on any atom is 0.243 e. The maximum absolute atomic E-state index is 13.5. The molecule has 0 unspecified atom stereocenters. The predicted octanol–water partition coefficient (Wildman–Crippen LogP) is 2.99. The molecule has 0 saturated heterocycles. The van der Waals surface area contributed by atoms with Gasteiger partial charge in [0.25, 0.3) is 0 Å². The highest BCUT2D eigenvalue weighted by Crippen LogP contribution is 2.18. The van der Waals surface area contributed by atoms with Gasteiger partial charge >= 0.3 is 0 Å². The van der Waals surface area contributed by atoms with Gasteiger partial charge in [-0.1, -0.05) is 72.8 Å². The lowest BCUT2D eigenvalue weighted by molar-refractivity contribution is -0.140. The van der Waals surface area contributed by atoms with Gasteiger partial charge in [-0.15, -0.1) is 0 Å². The first-order valence-corrected chi connectivity index (χ1v) is 11.0. The van der Waals surface area contributed by atoms with E-state index in [4.69, 9.17) is 4.74 Å². The average Bonchev–Trinajstić information content (AvgIpc) is 2.86. The zero-order chi connectivity index (χ0) is 23.5. The second-order valence-electron chi connectivity index (χ2n) is 7.75.